The quantitative estimate of drug-likeness (QED) is 0.240. The normalized spacial score (nSPS) is 21.1. The number of primary amides is 1. The summed E-state index contributed by atoms with van der Waals surface area (Å²) < 4.78 is 51.1. The number of carboxylic acid groups (broad SMARTS) is 1. The molecule has 2 amide bonds. The maximum absolute atomic E-state index is 13.3. The van der Waals surface area contributed by atoms with Gasteiger partial charge in [-0.3, -0.25) is 14.4 Å². The third-order valence-electron chi connectivity index (χ3n) is 6.09. The molecule has 1 aromatic rings. The molecule has 1 saturated carbocycles. The number of hydrogen-bond acceptors (Lipinski definition) is 4. The molecule has 1 aliphatic carbocycles. The molecule has 1 heterocycles. The van der Waals surface area contributed by atoms with Gasteiger partial charge < -0.3 is 21.1 Å². The van der Waals surface area contributed by atoms with Crippen molar-refractivity contribution in [3.05, 3.63) is 41.7 Å². The number of hydrogen-bond donors (Lipinski definition) is 3. The fourth-order valence-corrected chi connectivity index (χ4v) is 3.99. The minimum Gasteiger partial charge on any atom is -0.481 e. The SMILES string of the molecule is CCCCC/C=C\C1CC1C(=O)O.NC(=O)C1CCCN1C(=O)CNc1cc(F)cc(C(F)(F)F)c1. The molecule has 11 heteroatoms. The van der Waals surface area contributed by atoms with Crippen LogP contribution in [0.5, 0.6) is 0 Å². The zero-order chi connectivity index (χ0) is 26.9. The molecule has 0 spiro atoms. The summed E-state index contributed by atoms with van der Waals surface area (Å²) in [6, 6.07) is 1.24. The van der Waals surface area contributed by atoms with Crippen LogP contribution in [0.3, 0.4) is 0 Å². The van der Waals surface area contributed by atoms with Crippen molar-refractivity contribution in [2.75, 3.05) is 18.4 Å². The van der Waals surface area contributed by atoms with E-state index in [1.165, 1.54) is 24.2 Å². The topological polar surface area (TPSA) is 113 Å². The number of carbonyl (C=O) groups excluding carboxylic acids is 2. The molecule has 3 atom stereocenters. The number of unbranched alkanes of at least 4 members (excludes halogenated alkanes) is 3. The Balaban J connectivity index is 0.000000297. The molecule has 0 aromatic heterocycles. The molecule has 3 unspecified atom stereocenters. The molecule has 36 heavy (non-hydrogen) atoms. The van der Waals surface area contributed by atoms with Crippen LogP contribution in [-0.2, 0) is 20.6 Å². The summed E-state index contributed by atoms with van der Waals surface area (Å²) in [6.45, 7) is 2.18. The van der Waals surface area contributed by atoms with Crippen LogP contribution >= 0.6 is 0 Å². The van der Waals surface area contributed by atoms with E-state index in [0.717, 1.165) is 18.9 Å². The highest BCUT2D eigenvalue weighted by molar-refractivity contribution is 5.89. The lowest BCUT2D eigenvalue weighted by atomic mass is 10.2. The van der Waals surface area contributed by atoms with Crippen LogP contribution in [0, 0.1) is 17.7 Å². The summed E-state index contributed by atoms with van der Waals surface area (Å²) in [6.07, 6.45) is 6.32. The Morgan fingerprint density at radius 3 is 2.53 bits per heavy atom. The van der Waals surface area contributed by atoms with E-state index >= 15 is 0 Å². The zero-order valence-corrected chi connectivity index (χ0v) is 20.2. The van der Waals surface area contributed by atoms with Gasteiger partial charge in [-0.05, 0) is 56.2 Å². The van der Waals surface area contributed by atoms with Gasteiger partial charge in [0.25, 0.3) is 0 Å². The maximum Gasteiger partial charge on any atom is 0.416 e. The summed E-state index contributed by atoms with van der Waals surface area (Å²) in [4.78, 5) is 35.0. The predicted octanol–water partition coefficient (Wildman–Crippen LogP) is 4.58. The number of likely N-dealkylation sites (tertiary alicyclic amines) is 1. The van der Waals surface area contributed by atoms with Crippen LogP contribution in [0.4, 0.5) is 23.2 Å². The second-order valence-electron chi connectivity index (χ2n) is 9.00. The Hall–Kier alpha value is -3.11. The third-order valence-corrected chi connectivity index (χ3v) is 6.09. The monoisotopic (exact) mass is 515 g/mol. The van der Waals surface area contributed by atoms with Crippen LogP contribution in [-0.4, -0.2) is 46.9 Å². The molecule has 3 rings (SSSR count). The number of aliphatic carboxylic acids is 1. The van der Waals surface area contributed by atoms with E-state index in [1.54, 1.807) is 0 Å². The van der Waals surface area contributed by atoms with Crippen LogP contribution in [0.1, 0.15) is 57.4 Å². The van der Waals surface area contributed by atoms with E-state index in [1.807, 2.05) is 0 Å². The van der Waals surface area contributed by atoms with Gasteiger partial charge >= 0.3 is 12.1 Å². The standard InChI is InChI=1S/C14H15F4N3O2.C11H18O2/c15-9-4-8(14(16,17)18)5-10(6-9)20-7-12(22)21-3-1-2-11(21)13(19)23;1-2-3-4-5-6-7-9-8-10(9)11(12)13/h4-6,11,20H,1-3,7H2,(H2,19,23);6-7,9-10H,2-5,8H2,1H3,(H,12,13)/b;7-6-. The highest BCUT2D eigenvalue weighted by Crippen LogP contribution is 2.39. The molecular weight excluding hydrogens is 482 g/mol. The first-order chi connectivity index (χ1) is 16.9. The minimum atomic E-state index is -4.69. The van der Waals surface area contributed by atoms with E-state index in [4.69, 9.17) is 10.8 Å². The van der Waals surface area contributed by atoms with Crippen molar-refractivity contribution in [1.29, 1.82) is 0 Å². The Bertz CT molecular complexity index is 952. The van der Waals surface area contributed by atoms with E-state index in [2.05, 4.69) is 24.4 Å². The van der Waals surface area contributed by atoms with Crippen molar-refractivity contribution < 1.29 is 37.1 Å². The smallest absolute Gasteiger partial charge is 0.416 e. The number of allylic oxidation sites excluding steroid dienone is 2. The molecule has 4 N–H and O–H groups in total. The first kappa shape index (κ1) is 29.1. The molecule has 2 aliphatic rings. The molecule has 0 bridgehead atoms. The summed E-state index contributed by atoms with van der Waals surface area (Å²) in [5.74, 6) is -2.55. The number of amides is 2. The van der Waals surface area contributed by atoms with Crippen LogP contribution in [0.15, 0.2) is 30.4 Å². The van der Waals surface area contributed by atoms with Crippen molar-refractivity contribution in [3.63, 3.8) is 0 Å². The molecule has 1 saturated heterocycles. The Labute approximate surface area is 207 Å². The summed E-state index contributed by atoms with van der Waals surface area (Å²) in [7, 11) is 0. The van der Waals surface area contributed by atoms with Gasteiger partial charge in [-0.15, -0.1) is 0 Å². The fourth-order valence-electron chi connectivity index (χ4n) is 3.99. The maximum atomic E-state index is 13.3. The third kappa shape index (κ3) is 9.16. The second kappa shape index (κ2) is 13.3. The van der Waals surface area contributed by atoms with Gasteiger partial charge in [0.2, 0.25) is 11.8 Å². The van der Waals surface area contributed by atoms with E-state index in [-0.39, 0.29) is 18.2 Å². The van der Waals surface area contributed by atoms with Crippen molar-refractivity contribution >= 4 is 23.5 Å². The number of anilines is 1. The lowest BCUT2D eigenvalue weighted by Crippen LogP contribution is -2.45. The number of nitrogens with two attached hydrogens (primary N) is 1. The van der Waals surface area contributed by atoms with E-state index < -0.39 is 41.4 Å². The number of nitrogens with zero attached hydrogens (tertiary/aromatic N) is 1. The van der Waals surface area contributed by atoms with Gasteiger partial charge in [0.05, 0.1) is 18.0 Å². The van der Waals surface area contributed by atoms with Crippen LogP contribution in [0.25, 0.3) is 0 Å². The molecule has 1 aliphatic heterocycles. The lowest BCUT2D eigenvalue weighted by Gasteiger charge is -2.22. The summed E-state index contributed by atoms with van der Waals surface area (Å²) in [5, 5.41) is 11.1. The van der Waals surface area contributed by atoms with Gasteiger partial charge in [0.15, 0.2) is 0 Å². The summed E-state index contributed by atoms with van der Waals surface area (Å²) in [5.41, 5.74) is 3.88. The molecular formula is C25H33F4N3O4. The lowest BCUT2D eigenvalue weighted by molar-refractivity contribution is -0.139. The van der Waals surface area contributed by atoms with Crippen molar-refractivity contribution in [2.45, 2.75) is 64.1 Å². The van der Waals surface area contributed by atoms with Crippen LogP contribution in [0.2, 0.25) is 0 Å². The number of carbonyl (C=O) groups is 3. The predicted molar refractivity (Wildman–Crippen MR) is 126 cm³/mol. The van der Waals surface area contributed by atoms with Gasteiger partial charge in [0, 0.05) is 12.2 Å². The zero-order valence-electron chi connectivity index (χ0n) is 20.2. The van der Waals surface area contributed by atoms with E-state index in [0.29, 0.717) is 37.4 Å². The largest absolute Gasteiger partial charge is 0.481 e. The molecule has 200 valence electrons. The second-order valence-corrected chi connectivity index (χ2v) is 9.00. The number of benzene rings is 1. The minimum absolute atomic E-state index is 0.0811. The summed E-state index contributed by atoms with van der Waals surface area (Å²) >= 11 is 0. The number of nitrogens with one attached hydrogen (secondary N) is 1. The highest BCUT2D eigenvalue weighted by Gasteiger charge is 2.41. The molecule has 2 fully saturated rings. The van der Waals surface area contributed by atoms with Gasteiger partial charge in [-0.25, -0.2) is 4.39 Å². The van der Waals surface area contributed by atoms with Crippen molar-refractivity contribution in [1.82, 2.24) is 4.90 Å². The average Bonchev–Trinajstić information content (AvgIpc) is 3.41. The van der Waals surface area contributed by atoms with Gasteiger partial charge in [-0.1, -0.05) is 31.9 Å². The first-order valence-corrected chi connectivity index (χ1v) is 12.0. The van der Waals surface area contributed by atoms with Crippen molar-refractivity contribution in [2.24, 2.45) is 17.6 Å². The Morgan fingerprint density at radius 1 is 1.22 bits per heavy atom. The molecule has 1 aromatic carbocycles. The van der Waals surface area contributed by atoms with Gasteiger partial charge in [0.1, 0.15) is 11.9 Å². The first-order valence-electron chi connectivity index (χ1n) is 12.0. The Morgan fingerprint density at radius 2 is 1.94 bits per heavy atom. The van der Waals surface area contributed by atoms with Crippen LogP contribution < -0.4 is 11.1 Å². The van der Waals surface area contributed by atoms with E-state index in [9.17, 15) is 31.9 Å². The fraction of sp³-hybridized carbons (Fsp3) is 0.560. The average molecular weight is 516 g/mol. The number of carboxylic acids is 1. The number of alkyl halides is 3. The Kier molecular flexibility index (Phi) is 10.7. The molecule has 0 radical (unpaired) electrons. The number of rotatable bonds is 10. The van der Waals surface area contributed by atoms with Crippen molar-refractivity contribution in [3.8, 4) is 0 Å². The van der Waals surface area contributed by atoms with Gasteiger partial charge in [-0.2, -0.15) is 13.2 Å². The number of halogens is 4. The highest BCUT2D eigenvalue weighted by atomic mass is 19.4. The molecule has 7 nitrogen and oxygen atoms in total.